The molecule has 0 aromatic carbocycles. The standard InChI is InChI=1S/C11H16N4S/c1-3-15-5-9(4-13-15)11(14-12)10-7-16-6-8(10)2/h4-7,11,14H,3,12H2,1-2H3. The summed E-state index contributed by atoms with van der Waals surface area (Å²) < 4.78 is 1.90. The third-order valence-electron chi connectivity index (χ3n) is 2.68. The van der Waals surface area contributed by atoms with Gasteiger partial charge in [-0.15, -0.1) is 0 Å². The van der Waals surface area contributed by atoms with Crippen LogP contribution in [0.5, 0.6) is 0 Å². The molecule has 0 spiro atoms. The van der Waals surface area contributed by atoms with Crippen molar-refractivity contribution in [1.29, 1.82) is 0 Å². The maximum absolute atomic E-state index is 5.63. The van der Waals surface area contributed by atoms with Crippen molar-refractivity contribution < 1.29 is 0 Å². The van der Waals surface area contributed by atoms with E-state index >= 15 is 0 Å². The van der Waals surface area contributed by atoms with E-state index in [-0.39, 0.29) is 6.04 Å². The van der Waals surface area contributed by atoms with Crippen LogP contribution in [0.4, 0.5) is 0 Å². The molecule has 0 fully saturated rings. The molecule has 2 aromatic rings. The van der Waals surface area contributed by atoms with E-state index in [1.165, 1.54) is 11.1 Å². The van der Waals surface area contributed by atoms with E-state index in [1.54, 1.807) is 11.3 Å². The second-order valence-corrected chi connectivity index (χ2v) is 4.48. The molecule has 4 nitrogen and oxygen atoms in total. The molecule has 2 heterocycles. The number of nitrogens with two attached hydrogens (primary N) is 1. The van der Waals surface area contributed by atoms with Crippen LogP contribution in [0, 0.1) is 6.92 Å². The lowest BCUT2D eigenvalue weighted by atomic mass is 10.0. The van der Waals surface area contributed by atoms with Gasteiger partial charge in [0.25, 0.3) is 0 Å². The summed E-state index contributed by atoms with van der Waals surface area (Å²) in [7, 11) is 0. The predicted molar refractivity (Wildman–Crippen MR) is 66.1 cm³/mol. The topological polar surface area (TPSA) is 55.9 Å². The minimum Gasteiger partial charge on any atom is -0.273 e. The van der Waals surface area contributed by atoms with Gasteiger partial charge in [0, 0.05) is 18.3 Å². The van der Waals surface area contributed by atoms with Crippen molar-refractivity contribution in [2.45, 2.75) is 26.4 Å². The Morgan fingerprint density at radius 3 is 2.88 bits per heavy atom. The highest BCUT2D eigenvalue weighted by Crippen LogP contribution is 2.26. The molecular formula is C11H16N4S. The SMILES string of the molecule is CCn1cc(C(NN)c2cscc2C)cn1. The summed E-state index contributed by atoms with van der Waals surface area (Å²) in [5, 5.41) is 8.52. The Labute approximate surface area is 99.1 Å². The molecular weight excluding hydrogens is 220 g/mol. The Balaban J connectivity index is 2.32. The van der Waals surface area contributed by atoms with Crippen LogP contribution in [0.3, 0.4) is 0 Å². The fourth-order valence-electron chi connectivity index (χ4n) is 1.73. The van der Waals surface area contributed by atoms with Crippen molar-refractivity contribution in [3.8, 4) is 0 Å². The lowest BCUT2D eigenvalue weighted by molar-refractivity contribution is 0.629. The molecule has 0 aliphatic rings. The van der Waals surface area contributed by atoms with E-state index < -0.39 is 0 Å². The number of aryl methyl sites for hydroxylation is 2. The van der Waals surface area contributed by atoms with Crippen LogP contribution in [0.2, 0.25) is 0 Å². The molecule has 0 aliphatic heterocycles. The number of hydrogen-bond donors (Lipinski definition) is 2. The summed E-state index contributed by atoms with van der Waals surface area (Å²) >= 11 is 1.69. The first-order chi connectivity index (χ1) is 7.76. The Morgan fingerprint density at radius 2 is 2.38 bits per heavy atom. The normalized spacial score (nSPS) is 12.9. The molecule has 0 saturated heterocycles. The van der Waals surface area contributed by atoms with Crippen LogP contribution >= 0.6 is 11.3 Å². The highest BCUT2D eigenvalue weighted by Gasteiger charge is 2.16. The van der Waals surface area contributed by atoms with E-state index in [9.17, 15) is 0 Å². The zero-order valence-electron chi connectivity index (χ0n) is 9.47. The van der Waals surface area contributed by atoms with Gasteiger partial charge in [0.2, 0.25) is 0 Å². The van der Waals surface area contributed by atoms with Gasteiger partial charge in [-0.25, -0.2) is 5.43 Å². The monoisotopic (exact) mass is 236 g/mol. The lowest BCUT2D eigenvalue weighted by Crippen LogP contribution is -2.28. The fourth-order valence-corrected chi connectivity index (χ4v) is 2.61. The minimum absolute atomic E-state index is 0.0338. The van der Waals surface area contributed by atoms with Crippen LogP contribution in [-0.4, -0.2) is 9.78 Å². The number of rotatable bonds is 4. The Morgan fingerprint density at radius 1 is 1.56 bits per heavy atom. The predicted octanol–water partition coefficient (Wildman–Crippen LogP) is 1.83. The first kappa shape index (κ1) is 11.3. The molecule has 0 radical (unpaired) electrons. The molecule has 0 bridgehead atoms. The Bertz CT molecular complexity index is 460. The molecule has 1 atom stereocenters. The van der Waals surface area contributed by atoms with Gasteiger partial charge in [0.15, 0.2) is 0 Å². The van der Waals surface area contributed by atoms with Crippen LogP contribution in [0.1, 0.15) is 29.7 Å². The van der Waals surface area contributed by atoms with Crippen molar-refractivity contribution in [3.63, 3.8) is 0 Å². The molecule has 86 valence electrons. The zero-order valence-corrected chi connectivity index (χ0v) is 10.3. The summed E-state index contributed by atoms with van der Waals surface area (Å²) in [6.45, 7) is 5.04. The molecule has 3 N–H and O–H groups in total. The van der Waals surface area contributed by atoms with E-state index in [4.69, 9.17) is 5.84 Å². The highest BCUT2D eigenvalue weighted by molar-refractivity contribution is 7.08. The highest BCUT2D eigenvalue weighted by atomic mass is 32.1. The van der Waals surface area contributed by atoms with Crippen LogP contribution < -0.4 is 11.3 Å². The van der Waals surface area contributed by atoms with Gasteiger partial charge >= 0.3 is 0 Å². The third-order valence-corrected chi connectivity index (χ3v) is 3.56. The van der Waals surface area contributed by atoms with Gasteiger partial charge in [0.1, 0.15) is 0 Å². The van der Waals surface area contributed by atoms with Gasteiger partial charge in [-0.1, -0.05) is 0 Å². The van der Waals surface area contributed by atoms with Crippen LogP contribution in [-0.2, 0) is 6.54 Å². The van der Waals surface area contributed by atoms with E-state index in [2.05, 4.69) is 35.1 Å². The van der Waals surface area contributed by atoms with Crippen molar-refractivity contribution >= 4 is 11.3 Å². The van der Waals surface area contributed by atoms with Crippen LogP contribution in [0.15, 0.2) is 23.2 Å². The lowest BCUT2D eigenvalue weighted by Gasteiger charge is -2.13. The van der Waals surface area contributed by atoms with Crippen molar-refractivity contribution in [2.75, 3.05) is 0 Å². The maximum atomic E-state index is 5.63. The fraction of sp³-hybridized carbons (Fsp3) is 0.364. The summed E-state index contributed by atoms with van der Waals surface area (Å²) in [5.74, 6) is 5.63. The average molecular weight is 236 g/mol. The molecule has 5 heteroatoms. The smallest absolute Gasteiger partial charge is 0.0751 e. The van der Waals surface area contributed by atoms with Crippen molar-refractivity contribution in [2.24, 2.45) is 5.84 Å². The number of thiophene rings is 1. The second-order valence-electron chi connectivity index (χ2n) is 3.74. The quantitative estimate of drug-likeness (QED) is 0.629. The molecule has 2 aromatic heterocycles. The Hall–Kier alpha value is -1.17. The van der Waals surface area contributed by atoms with Gasteiger partial charge in [-0.3, -0.25) is 10.5 Å². The number of nitrogens with zero attached hydrogens (tertiary/aromatic N) is 2. The largest absolute Gasteiger partial charge is 0.273 e. The van der Waals surface area contributed by atoms with Crippen LogP contribution in [0.25, 0.3) is 0 Å². The van der Waals surface area contributed by atoms with Gasteiger partial charge < -0.3 is 0 Å². The maximum Gasteiger partial charge on any atom is 0.0751 e. The molecule has 1 unspecified atom stereocenters. The molecule has 2 rings (SSSR count). The van der Waals surface area contributed by atoms with Gasteiger partial charge in [-0.2, -0.15) is 16.4 Å². The first-order valence-corrected chi connectivity index (χ1v) is 6.21. The number of hydrazine groups is 1. The summed E-state index contributed by atoms with van der Waals surface area (Å²) in [5.41, 5.74) is 6.44. The first-order valence-electron chi connectivity index (χ1n) is 5.27. The third kappa shape index (κ3) is 2.02. The van der Waals surface area contributed by atoms with E-state index in [1.807, 2.05) is 17.1 Å². The van der Waals surface area contributed by atoms with Gasteiger partial charge in [0.05, 0.1) is 12.2 Å². The zero-order chi connectivity index (χ0) is 11.5. The van der Waals surface area contributed by atoms with Gasteiger partial charge in [-0.05, 0) is 35.7 Å². The average Bonchev–Trinajstić information content (AvgIpc) is 2.90. The van der Waals surface area contributed by atoms with Crippen molar-refractivity contribution in [3.05, 3.63) is 39.8 Å². The number of aromatic nitrogens is 2. The molecule has 0 saturated carbocycles. The Kier molecular flexibility index (Phi) is 3.38. The van der Waals surface area contributed by atoms with E-state index in [0.717, 1.165) is 12.1 Å². The second kappa shape index (κ2) is 4.78. The molecule has 16 heavy (non-hydrogen) atoms. The molecule has 0 aliphatic carbocycles. The summed E-state index contributed by atoms with van der Waals surface area (Å²) in [6.07, 6.45) is 3.90. The van der Waals surface area contributed by atoms with E-state index in [0.29, 0.717) is 0 Å². The molecule has 0 amide bonds. The van der Waals surface area contributed by atoms with Crippen molar-refractivity contribution in [1.82, 2.24) is 15.2 Å². The summed E-state index contributed by atoms with van der Waals surface area (Å²) in [4.78, 5) is 0. The number of hydrogen-bond acceptors (Lipinski definition) is 4. The number of nitrogens with one attached hydrogen (secondary N) is 1. The minimum atomic E-state index is 0.0338. The summed E-state index contributed by atoms with van der Waals surface area (Å²) in [6, 6.07) is 0.0338.